The second kappa shape index (κ2) is 3.77. The smallest absolute Gasteiger partial charge is 0.340 e. The molecule has 3 heteroatoms. The molecule has 0 saturated heterocycles. The van der Waals surface area contributed by atoms with E-state index in [0.717, 1.165) is 16.5 Å². The number of hydrogen-bond acceptors (Lipinski definition) is 2. The van der Waals surface area contributed by atoms with E-state index in [-0.39, 0.29) is 5.97 Å². The molecule has 0 aliphatic rings. The van der Waals surface area contributed by atoms with Crippen molar-refractivity contribution in [2.24, 2.45) is 0 Å². The van der Waals surface area contributed by atoms with Gasteiger partial charge in [0.15, 0.2) is 0 Å². The van der Waals surface area contributed by atoms with E-state index in [1.165, 1.54) is 0 Å². The number of aryl methyl sites for hydroxylation is 1. The molecule has 0 saturated carbocycles. The van der Waals surface area contributed by atoms with Gasteiger partial charge in [0.1, 0.15) is 0 Å². The number of carbonyl (C=O) groups is 1. The van der Waals surface area contributed by atoms with E-state index in [1.807, 2.05) is 25.1 Å². The molecule has 0 unspecified atom stereocenters. The van der Waals surface area contributed by atoms with Crippen LogP contribution in [0.5, 0.6) is 0 Å². The van der Waals surface area contributed by atoms with Gasteiger partial charge in [0, 0.05) is 17.1 Å². The lowest BCUT2D eigenvalue weighted by atomic mass is 10.1. The number of rotatable bonds is 2. The minimum atomic E-state index is -0.269. The molecular formula is C12H13NO2. The SMILES string of the molecule is CCOC(=O)c1c[nH]c2ccc(C)cc12. The van der Waals surface area contributed by atoms with Crippen molar-refractivity contribution in [3.05, 3.63) is 35.5 Å². The molecule has 0 atom stereocenters. The quantitative estimate of drug-likeness (QED) is 0.762. The average molecular weight is 203 g/mol. The Bertz CT molecular complexity index is 499. The molecule has 15 heavy (non-hydrogen) atoms. The molecule has 78 valence electrons. The summed E-state index contributed by atoms with van der Waals surface area (Å²) < 4.78 is 4.98. The molecule has 1 aromatic carbocycles. The van der Waals surface area contributed by atoms with Gasteiger partial charge in [-0.15, -0.1) is 0 Å². The van der Waals surface area contributed by atoms with Gasteiger partial charge in [0.05, 0.1) is 12.2 Å². The Labute approximate surface area is 88.1 Å². The summed E-state index contributed by atoms with van der Waals surface area (Å²) in [7, 11) is 0. The number of benzene rings is 1. The van der Waals surface area contributed by atoms with Gasteiger partial charge in [-0.2, -0.15) is 0 Å². The monoisotopic (exact) mass is 203 g/mol. The first-order chi connectivity index (χ1) is 7.22. The van der Waals surface area contributed by atoms with Crippen LogP contribution in [0.15, 0.2) is 24.4 Å². The highest BCUT2D eigenvalue weighted by molar-refractivity contribution is 6.04. The lowest BCUT2D eigenvalue weighted by Crippen LogP contribution is -2.03. The highest BCUT2D eigenvalue weighted by atomic mass is 16.5. The van der Waals surface area contributed by atoms with Crippen molar-refractivity contribution in [2.45, 2.75) is 13.8 Å². The summed E-state index contributed by atoms with van der Waals surface area (Å²) in [6.07, 6.45) is 1.70. The zero-order valence-corrected chi connectivity index (χ0v) is 8.83. The van der Waals surface area contributed by atoms with E-state index in [4.69, 9.17) is 4.74 Å². The van der Waals surface area contributed by atoms with Crippen molar-refractivity contribution >= 4 is 16.9 Å². The first-order valence-corrected chi connectivity index (χ1v) is 4.97. The van der Waals surface area contributed by atoms with Crippen LogP contribution in [0.2, 0.25) is 0 Å². The number of fused-ring (bicyclic) bond motifs is 1. The molecule has 0 bridgehead atoms. The van der Waals surface area contributed by atoms with Crippen LogP contribution in [0.1, 0.15) is 22.8 Å². The third-order valence-electron chi connectivity index (χ3n) is 2.33. The largest absolute Gasteiger partial charge is 0.462 e. The highest BCUT2D eigenvalue weighted by Crippen LogP contribution is 2.20. The summed E-state index contributed by atoms with van der Waals surface area (Å²) in [5.74, 6) is -0.269. The summed E-state index contributed by atoms with van der Waals surface area (Å²) in [6, 6.07) is 5.96. The van der Waals surface area contributed by atoms with Gasteiger partial charge in [0.2, 0.25) is 0 Å². The van der Waals surface area contributed by atoms with E-state index in [0.29, 0.717) is 12.2 Å². The van der Waals surface area contributed by atoms with Gasteiger partial charge < -0.3 is 9.72 Å². The summed E-state index contributed by atoms with van der Waals surface area (Å²) in [5, 5.41) is 0.924. The molecule has 1 N–H and O–H groups in total. The van der Waals surface area contributed by atoms with Crippen LogP contribution < -0.4 is 0 Å². The molecule has 0 radical (unpaired) electrons. The van der Waals surface area contributed by atoms with Crippen molar-refractivity contribution in [1.29, 1.82) is 0 Å². The Kier molecular flexibility index (Phi) is 2.46. The standard InChI is InChI=1S/C12H13NO2/c1-3-15-12(14)10-7-13-11-5-4-8(2)6-9(10)11/h4-7,13H,3H2,1-2H3. The van der Waals surface area contributed by atoms with Crippen LogP contribution in [0.25, 0.3) is 10.9 Å². The fraction of sp³-hybridized carbons (Fsp3) is 0.250. The van der Waals surface area contributed by atoms with Crippen LogP contribution in [0.4, 0.5) is 0 Å². The lowest BCUT2D eigenvalue weighted by Gasteiger charge is -2.00. The second-order valence-electron chi connectivity index (χ2n) is 3.47. The Morgan fingerprint density at radius 2 is 2.27 bits per heavy atom. The van der Waals surface area contributed by atoms with Crippen LogP contribution >= 0.6 is 0 Å². The molecule has 0 aliphatic carbocycles. The first-order valence-electron chi connectivity index (χ1n) is 4.97. The van der Waals surface area contributed by atoms with Crippen molar-refractivity contribution in [2.75, 3.05) is 6.61 Å². The number of aromatic nitrogens is 1. The van der Waals surface area contributed by atoms with Gasteiger partial charge in [0.25, 0.3) is 0 Å². The van der Waals surface area contributed by atoms with Gasteiger partial charge in [-0.3, -0.25) is 0 Å². The predicted octanol–water partition coefficient (Wildman–Crippen LogP) is 2.65. The molecule has 0 fully saturated rings. The van der Waals surface area contributed by atoms with E-state index in [9.17, 15) is 4.79 Å². The minimum Gasteiger partial charge on any atom is -0.462 e. The maximum absolute atomic E-state index is 11.6. The van der Waals surface area contributed by atoms with Crippen LogP contribution in [-0.4, -0.2) is 17.6 Å². The number of hydrogen-bond donors (Lipinski definition) is 1. The summed E-state index contributed by atoms with van der Waals surface area (Å²) in [5.41, 5.74) is 2.70. The highest BCUT2D eigenvalue weighted by Gasteiger charge is 2.12. The first kappa shape index (κ1) is 9.77. The molecule has 3 nitrogen and oxygen atoms in total. The van der Waals surface area contributed by atoms with Crippen molar-refractivity contribution < 1.29 is 9.53 Å². The second-order valence-corrected chi connectivity index (χ2v) is 3.47. The molecule has 2 rings (SSSR count). The number of nitrogens with one attached hydrogen (secondary N) is 1. The van der Waals surface area contributed by atoms with Gasteiger partial charge in [-0.1, -0.05) is 11.6 Å². The molecule has 1 heterocycles. The number of ether oxygens (including phenoxy) is 1. The molecular weight excluding hydrogens is 190 g/mol. The molecule has 2 aromatic rings. The Morgan fingerprint density at radius 3 is 3.00 bits per heavy atom. The van der Waals surface area contributed by atoms with Crippen molar-refractivity contribution in [3.8, 4) is 0 Å². The van der Waals surface area contributed by atoms with E-state index in [1.54, 1.807) is 13.1 Å². The fourth-order valence-electron chi connectivity index (χ4n) is 1.61. The number of carbonyl (C=O) groups excluding carboxylic acids is 1. The van der Waals surface area contributed by atoms with Crippen molar-refractivity contribution in [1.82, 2.24) is 4.98 Å². The van der Waals surface area contributed by atoms with Crippen LogP contribution in [-0.2, 0) is 4.74 Å². The minimum absolute atomic E-state index is 0.269. The predicted molar refractivity (Wildman–Crippen MR) is 59.0 cm³/mol. The Balaban J connectivity index is 2.52. The number of aromatic amines is 1. The zero-order valence-electron chi connectivity index (χ0n) is 8.83. The summed E-state index contributed by atoms with van der Waals surface area (Å²) in [4.78, 5) is 14.6. The van der Waals surface area contributed by atoms with Gasteiger partial charge in [-0.05, 0) is 26.0 Å². The summed E-state index contributed by atoms with van der Waals surface area (Å²) in [6.45, 7) is 4.21. The van der Waals surface area contributed by atoms with Crippen LogP contribution in [0.3, 0.4) is 0 Å². The Hall–Kier alpha value is -1.77. The normalized spacial score (nSPS) is 10.5. The van der Waals surface area contributed by atoms with Crippen LogP contribution in [0, 0.1) is 6.92 Å². The maximum atomic E-state index is 11.6. The molecule has 1 aromatic heterocycles. The maximum Gasteiger partial charge on any atom is 0.340 e. The molecule has 0 amide bonds. The fourth-order valence-corrected chi connectivity index (χ4v) is 1.61. The number of esters is 1. The third-order valence-corrected chi connectivity index (χ3v) is 2.33. The topological polar surface area (TPSA) is 42.1 Å². The number of H-pyrrole nitrogens is 1. The molecule has 0 aliphatic heterocycles. The van der Waals surface area contributed by atoms with E-state index >= 15 is 0 Å². The van der Waals surface area contributed by atoms with Crippen molar-refractivity contribution in [3.63, 3.8) is 0 Å². The Morgan fingerprint density at radius 1 is 1.47 bits per heavy atom. The lowest BCUT2D eigenvalue weighted by molar-refractivity contribution is 0.0529. The van der Waals surface area contributed by atoms with Gasteiger partial charge >= 0.3 is 5.97 Å². The van der Waals surface area contributed by atoms with E-state index in [2.05, 4.69) is 4.98 Å². The average Bonchev–Trinajstić information content (AvgIpc) is 2.60. The summed E-state index contributed by atoms with van der Waals surface area (Å²) >= 11 is 0. The van der Waals surface area contributed by atoms with E-state index < -0.39 is 0 Å². The molecule has 0 spiro atoms. The zero-order chi connectivity index (χ0) is 10.8. The third kappa shape index (κ3) is 1.73. The van der Waals surface area contributed by atoms with Gasteiger partial charge in [-0.25, -0.2) is 4.79 Å².